The molecule has 0 spiro atoms. The van der Waals surface area contributed by atoms with Crippen LogP contribution in [0, 0.1) is 0 Å². The standard InChI is InChI=1S/C9H16N2/c1-8(2)6-9(3,4)11-7-10-5/h6-7H,5H2,1-4H3/b11-7-. The largest absolute Gasteiger partial charge is 0.263 e. The maximum atomic E-state index is 4.18. The van der Waals surface area contributed by atoms with Gasteiger partial charge in [0.25, 0.3) is 0 Å². The molecule has 62 valence electrons. The Balaban J connectivity index is 4.33. The summed E-state index contributed by atoms with van der Waals surface area (Å²) in [6.45, 7) is 11.5. The van der Waals surface area contributed by atoms with Crippen molar-refractivity contribution in [3.63, 3.8) is 0 Å². The van der Waals surface area contributed by atoms with E-state index in [0.717, 1.165) is 0 Å². The number of nitrogens with zero attached hydrogens (tertiary/aromatic N) is 2. The average molecular weight is 152 g/mol. The smallest absolute Gasteiger partial charge is 0.110 e. The Labute approximate surface area is 68.8 Å². The van der Waals surface area contributed by atoms with Crippen LogP contribution >= 0.6 is 0 Å². The highest BCUT2D eigenvalue weighted by molar-refractivity contribution is 5.62. The van der Waals surface area contributed by atoms with Gasteiger partial charge >= 0.3 is 0 Å². The van der Waals surface area contributed by atoms with Gasteiger partial charge in [0.1, 0.15) is 6.34 Å². The fourth-order valence-electron chi connectivity index (χ4n) is 0.933. The first kappa shape index (κ1) is 10.1. The van der Waals surface area contributed by atoms with Crippen LogP contribution in [0.4, 0.5) is 0 Å². The maximum Gasteiger partial charge on any atom is 0.110 e. The molecule has 0 aliphatic carbocycles. The molecule has 0 heterocycles. The van der Waals surface area contributed by atoms with Gasteiger partial charge in [-0.3, -0.25) is 9.98 Å². The minimum absolute atomic E-state index is 0.153. The van der Waals surface area contributed by atoms with E-state index >= 15 is 0 Å². The monoisotopic (exact) mass is 152 g/mol. The van der Waals surface area contributed by atoms with Gasteiger partial charge in [-0.1, -0.05) is 11.6 Å². The van der Waals surface area contributed by atoms with Crippen LogP contribution in [0.5, 0.6) is 0 Å². The minimum Gasteiger partial charge on any atom is -0.263 e. The van der Waals surface area contributed by atoms with E-state index in [1.165, 1.54) is 11.9 Å². The predicted octanol–water partition coefficient (Wildman–Crippen LogP) is 2.46. The Morgan fingerprint density at radius 2 is 1.91 bits per heavy atom. The first-order valence-corrected chi connectivity index (χ1v) is 3.63. The van der Waals surface area contributed by atoms with Gasteiger partial charge in [0.2, 0.25) is 0 Å². The number of aliphatic imine (C=N–C) groups is 2. The highest BCUT2D eigenvalue weighted by Crippen LogP contribution is 2.12. The van der Waals surface area contributed by atoms with E-state index in [9.17, 15) is 0 Å². The van der Waals surface area contributed by atoms with E-state index in [1.54, 1.807) is 0 Å². The lowest BCUT2D eigenvalue weighted by molar-refractivity contribution is 0.655. The molecule has 0 radical (unpaired) electrons. The SMILES string of the molecule is C=N/C=N\C(C)(C)C=C(C)C. The van der Waals surface area contributed by atoms with Crippen molar-refractivity contribution >= 4 is 13.1 Å². The summed E-state index contributed by atoms with van der Waals surface area (Å²) < 4.78 is 0. The van der Waals surface area contributed by atoms with Crippen molar-refractivity contribution in [2.24, 2.45) is 9.98 Å². The molecule has 0 bridgehead atoms. The zero-order chi connectivity index (χ0) is 8.91. The zero-order valence-electron chi connectivity index (χ0n) is 7.76. The van der Waals surface area contributed by atoms with Gasteiger partial charge in [0, 0.05) is 0 Å². The Hall–Kier alpha value is -0.920. The quantitative estimate of drug-likeness (QED) is 0.337. The normalized spacial score (nSPS) is 11.6. The summed E-state index contributed by atoms with van der Waals surface area (Å²) in [5.41, 5.74) is 1.11. The van der Waals surface area contributed by atoms with Crippen LogP contribution < -0.4 is 0 Å². The average Bonchev–Trinajstić information content (AvgIpc) is 1.81. The molecular weight excluding hydrogens is 136 g/mol. The van der Waals surface area contributed by atoms with Crippen molar-refractivity contribution < 1.29 is 0 Å². The van der Waals surface area contributed by atoms with Crippen molar-refractivity contribution in [1.29, 1.82) is 0 Å². The van der Waals surface area contributed by atoms with E-state index in [0.29, 0.717) is 0 Å². The van der Waals surface area contributed by atoms with Gasteiger partial charge in [0.05, 0.1) is 5.54 Å². The molecule has 2 nitrogen and oxygen atoms in total. The van der Waals surface area contributed by atoms with E-state index in [-0.39, 0.29) is 5.54 Å². The van der Waals surface area contributed by atoms with Gasteiger partial charge in [-0.2, -0.15) is 0 Å². The molecule has 0 aromatic heterocycles. The molecule has 0 aliphatic heterocycles. The van der Waals surface area contributed by atoms with E-state index in [1.807, 2.05) is 13.8 Å². The predicted molar refractivity (Wildman–Crippen MR) is 51.6 cm³/mol. The van der Waals surface area contributed by atoms with Gasteiger partial charge in [-0.15, -0.1) is 0 Å². The summed E-state index contributed by atoms with van der Waals surface area (Å²) in [6, 6.07) is 0. The summed E-state index contributed by atoms with van der Waals surface area (Å²) in [7, 11) is 0. The summed E-state index contributed by atoms with van der Waals surface area (Å²) in [5, 5.41) is 0. The molecule has 0 aliphatic rings. The topological polar surface area (TPSA) is 24.7 Å². The highest BCUT2D eigenvalue weighted by Gasteiger charge is 2.09. The first-order valence-electron chi connectivity index (χ1n) is 3.63. The number of allylic oxidation sites excluding steroid dienone is 1. The van der Waals surface area contributed by atoms with Gasteiger partial charge in [-0.25, -0.2) is 0 Å². The molecule has 0 unspecified atom stereocenters. The lowest BCUT2D eigenvalue weighted by Crippen LogP contribution is -2.12. The van der Waals surface area contributed by atoms with Crippen LogP contribution in [0.25, 0.3) is 0 Å². The lowest BCUT2D eigenvalue weighted by atomic mass is 10.0. The van der Waals surface area contributed by atoms with Crippen molar-refractivity contribution in [2.75, 3.05) is 0 Å². The lowest BCUT2D eigenvalue weighted by Gasteiger charge is -2.13. The van der Waals surface area contributed by atoms with Crippen molar-refractivity contribution in [3.8, 4) is 0 Å². The molecular formula is C9H16N2. The molecule has 0 saturated carbocycles. The molecule has 0 fully saturated rings. The second-order valence-corrected chi connectivity index (χ2v) is 3.30. The molecule has 0 aromatic rings. The fraction of sp³-hybridized carbons (Fsp3) is 0.556. The number of hydrogen-bond acceptors (Lipinski definition) is 1. The number of rotatable bonds is 3. The van der Waals surface area contributed by atoms with Crippen LogP contribution in [0.1, 0.15) is 27.7 Å². The zero-order valence-corrected chi connectivity index (χ0v) is 7.76. The molecule has 0 aromatic carbocycles. The van der Waals surface area contributed by atoms with Gasteiger partial charge in [-0.05, 0) is 34.4 Å². The van der Waals surface area contributed by atoms with Gasteiger partial charge < -0.3 is 0 Å². The third-order valence-corrected chi connectivity index (χ3v) is 1.11. The first-order chi connectivity index (χ1) is 4.98. The second kappa shape index (κ2) is 4.06. The van der Waals surface area contributed by atoms with Crippen molar-refractivity contribution in [3.05, 3.63) is 11.6 Å². The van der Waals surface area contributed by atoms with Crippen LogP contribution in [-0.2, 0) is 0 Å². The third-order valence-electron chi connectivity index (χ3n) is 1.11. The second-order valence-electron chi connectivity index (χ2n) is 3.30. The molecule has 11 heavy (non-hydrogen) atoms. The molecule has 0 amide bonds. The Kier molecular flexibility index (Phi) is 3.72. The maximum absolute atomic E-state index is 4.18. The van der Waals surface area contributed by atoms with Crippen LogP contribution in [0.15, 0.2) is 21.6 Å². The Morgan fingerprint density at radius 1 is 1.36 bits per heavy atom. The van der Waals surface area contributed by atoms with E-state index < -0.39 is 0 Å². The minimum atomic E-state index is -0.153. The summed E-state index contributed by atoms with van der Waals surface area (Å²) in [6.07, 6.45) is 3.58. The van der Waals surface area contributed by atoms with Crippen molar-refractivity contribution in [2.45, 2.75) is 33.2 Å². The van der Waals surface area contributed by atoms with Crippen LogP contribution in [0.2, 0.25) is 0 Å². The Bertz CT molecular complexity index is 184. The van der Waals surface area contributed by atoms with Crippen LogP contribution in [-0.4, -0.2) is 18.6 Å². The Morgan fingerprint density at radius 3 is 2.27 bits per heavy atom. The third kappa shape index (κ3) is 5.52. The van der Waals surface area contributed by atoms with E-state index in [4.69, 9.17) is 0 Å². The van der Waals surface area contributed by atoms with Gasteiger partial charge in [0.15, 0.2) is 0 Å². The number of hydrogen-bond donors (Lipinski definition) is 0. The van der Waals surface area contributed by atoms with Crippen LogP contribution in [0.3, 0.4) is 0 Å². The summed E-state index contributed by atoms with van der Waals surface area (Å²) in [4.78, 5) is 7.74. The molecule has 2 heteroatoms. The summed E-state index contributed by atoms with van der Waals surface area (Å²) >= 11 is 0. The molecule has 0 rings (SSSR count). The molecule has 0 N–H and O–H groups in total. The molecule has 0 atom stereocenters. The fourth-order valence-corrected chi connectivity index (χ4v) is 0.933. The van der Waals surface area contributed by atoms with Crippen molar-refractivity contribution in [1.82, 2.24) is 0 Å². The van der Waals surface area contributed by atoms with E-state index in [2.05, 4.69) is 36.6 Å². The molecule has 0 saturated heterocycles. The highest BCUT2D eigenvalue weighted by atomic mass is 14.9. The summed E-state index contributed by atoms with van der Waals surface area (Å²) in [5.74, 6) is 0.